The van der Waals surface area contributed by atoms with Gasteiger partial charge >= 0.3 is 0 Å². The summed E-state index contributed by atoms with van der Waals surface area (Å²) in [6.07, 6.45) is 0. The fraction of sp³-hybridized carbons (Fsp3) is 0.0476. The van der Waals surface area contributed by atoms with E-state index in [9.17, 15) is 4.79 Å². The first-order chi connectivity index (χ1) is 13.7. The molecule has 0 atom stereocenters. The average Bonchev–Trinajstić information content (AvgIpc) is 3.13. The number of carbonyl (C=O) groups is 1. The van der Waals surface area contributed by atoms with Crippen molar-refractivity contribution in [1.29, 1.82) is 0 Å². The Labute approximate surface area is 161 Å². The maximum Gasteiger partial charge on any atom is 0.274 e. The fourth-order valence-corrected chi connectivity index (χ4v) is 2.62. The monoisotopic (exact) mass is 371 g/mol. The second-order valence-electron chi connectivity index (χ2n) is 6.10. The average molecular weight is 371 g/mol. The third kappa shape index (κ3) is 4.04. The normalized spacial score (nSPS) is 10.5. The molecule has 2 heterocycles. The Kier molecular flexibility index (Phi) is 4.79. The molecule has 0 saturated carbocycles. The van der Waals surface area contributed by atoms with Crippen LogP contribution in [0.2, 0.25) is 0 Å². The van der Waals surface area contributed by atoms with Crippen molar-refractivity contribution in [3.05, 3.63) is 84.3 Å². The van der Waals surface area contributed by atoms with E-state index in [1.54, 1.807) is 19.1 Å². The van der Waals surface area contributed by atoms with Crippen molar-refractivity contribution in [3.8, 4) is 11.4 Å². The maximum atomic E-state index is 12.7. The van der Waals surface area contributed by atoms with Crippen LogP contribution in [-0.4, -0.2) is 21.0 Å². The van der Waals surface area contributed by atoms with Gasteiger partial charge in [0.2, 0.25) is 0 Å². The van der Waals surface area contributed by atoms with E-state index in [0.29, 0.717) is 28.9 Å². The lowest BCUT2D eigenvalue weighted by Gasteiger charge is -2.09. The zero-order chi connectivity index (χ0) is 19.3. The number of amides is 1. The highest BCUT2D eigenvalue weighted by Gasteiger charge is 2.14. The van der Waals surface area contributed by atoms with Gasteiger partial charge in [-0.3, -0.25) is 4.79 Å². The molecule has 4 aromatic rings. The largest absolute Gasteiger partial charge is 0.360 e. The second kappa shape index (κ2) is 7.71. The van der Waals surface area contributed by atoms with E-state index >= 15 is 0 Å². The molecule has 0 bridgehead atoms. The molecule has 0 unspecified atom stereocenters. The van der Waals surface area contributed by atoms with E-state index in [4.69, 9.17) is 4.52 Å². The van der Waals surface area contributed by atoms with Gasteiger partial charge in [0.1, 0.15) is 17.3 Å². The number of nitrogens with one attached hydrogen (secondary N) is 2. The van der Waals surface area contributed by atoms with Crippen LogP contribution < -0.4 is 10.6 Å². The van der Waals surface area contributed by atoms with E-state index < -0.39 is 0 Å². The number of nitrogens with zero attached hydrogens (tertiary/aromatic N) is 3. The van der Waals surface area contributed by atoms with Crippen LogP contribution in [0.25, 0.3) is 11.4 Å². The molecule has 7 nitrogen and oxygen atoms in total. The minimum atomic E-state index is -0.329. The topological polar surface area (TPSA) is 92.9 Å². The van der Waals surface area contributed by atoms with Crippen LogP contribution in [0.1, 0.15) is 16.2 Å². The number of aryl methyl sites for hydroxylation is 1. The molecular formula is C21H17N5O2. The van der Waals surface area contributed by atoms with Crippen molar-refractivity contribution in [2.75, 3.05) is 10.6 Å². The van der Waals surface area contributed by atoms with Gasteiger partial charge in [0, 0.05) is 23.4 Å². The molecule has 0 radical (unpaired) electrons. The standard InChI is InChI=1S/C21H17N5O2/c1-14-12-19(26-28-14)24-18-13-17(21(27)22-16-10-6-3-7-11-16)23-20(25-18)15-8-4-2-5-9-15/h2-13H,1H3,(H,22,27)(H,23,24,25,26). The number of carbonyl (C=O) groups excluding carboxylic acids is 1. The molecule has 28 heavy (non-hydrogen) atoms. The number of aromatic nitrogens is 3. The van der Waals surface area contributed by atoms with E-state index in [-0.39, 0.29) is 11.6 Å². The first-order valence-corrected chi connectivity index (χ1v) is 8.68. The van der Waals surface area contributed by atoms with Crippen molar-refractivity contribution < 1.29 is 9.32 Å². The van der Waals surface area contributed by atoms with E-state index in [1.165, 1.54) is 0 Å². The van der Waals surface area contributed by atoms with Crippen molar-refractivity contribution in [3.63, 3.8) is 0 Å². The summed E-state index contributed by atoms with van der Waals surface area (Å²) in [6.45, 7) is 1.80. The predicted octanol–water partition coefficient (Wildman–Crippen LogP) is 4.44. The quantitative estimate of drug-likeness (QED) is 0.539. The summed E-state index contributed by atoms with van der Waals surface area (Å²) in [5.41, 5.74) is 1.73. The summed E-state index contributed by atoms with van der Waals surface area (Å²) >= 11 is 0. The zero-order valence-corrected chi connectivity index (χ0v) is 15.1. The number of para-hydroxylation sites is 1. The third-order valence-corrected chi connectivity index (χ3v) is 3.91. The van der Waals surface area contributed by atoms with Crippen molar-refractivity contribution >= 4 is 23.2 Å². The molecule has 4 rings (SSSR count). The number of hydrogen-bond donors (Lipinski definition) is 2. The Hall–Kier alpha value is -4.00. The van der Waals surface area contributed by atoms with Gasteiger partial charge in [-0.1, -0.05) is 53.7 Å². The first kappa shape index (κ1) is 17.4. The van der Waals surface area contributed by atoms with Crippen molar-refractivity contribution in [2.45, 2.75) is 6.92 Å². The number of anilines is 3. The van der Waals surface area contributed by atoms with E-state index in [1.807, 2.05) is 60.7 Å². The summed E-state index contributed by atoms with van der Waals surface area (Å²) in [5, 5.41) is 9.81. The number of rotatable bonds is 5. The van der Waals surface area contributed by atoms with Gasteiger partial charge in [0.25, 0.3) is 5.91 Å². The number of hydrogen-bond acceptors (Lipinski definition) is 6. The lowest BCUT2D eigenvalue weighted by molar-refractivity contribution is 0.102. The van der Waals surface area contributed by atoms with Gasteiger partial charge in [0.15, 0.2) is 11.6 Å². The Morgan fingerprint density at radius 3 is 2.29 bits per heavy atom. The van der Waals surface area contributed by atoms with E-state index in [2.05, 4.69) is 25.8 Å². The molecule has 2 N–H and O–H groups in total. The molecule has 0 fully saturated rings. The summed E-state index contributed by atoms with van der Waals surface area (Å²) in [5.74, 6) is 1.72. The molecule has 0 saturated heterocycles. The smallest absolute Gasteiger partial charge is 0.274 e. The zero-order valence-electron chi connectivity index (χ0n) is 15.1. The Morgan fingerprint density at radius 1 is 0.893 bits per heavy atom. The highest BCUT2D eigenvalue weighted by molar-refractivity contribution is 6.03. The molecule has 138 valence electrons. The Morgan fingerprint density at radius 2 is 1.61 bits per heavy atom. The van der Waals surface area contributed by atoms with Gasteiger partial charge in [-0.2, -0.15) is 0 Å². The van der Waals surface area contributed by atoms with Gasteiger partial charge < -0.3 is 15.2 Å². The van der Waals surface area contributed by atoms with Crippen LogP contribution in [0.15, 0.2) is 77.3 Å². The van der Waals surface area contributed by atoms with Crippen LogP contribution in [0.4, 0.5) is 17.3 Å². The minimum Gasteiger partial charge on any atom is -0.360 e. The Balaban J connectivity index is 1.70. The molecular weight excluding hydrogens is 354 g/mol. The summed E-state index contributed by atoms with van der Waals surface area (Å²) in [7, 11) is 0. The molecule has 0 aliphatic carbocycles. The summed E-state index contributed by atoms with van der Waals surface area (Å²) in [6, 6.07) is 22.0. The van der Waals surface area contributed by atoms with Crippen LogP contribution in [0.3, 0.4) is 0 Å². The van der Waals surface area contributed by atoms with Crippen LogP contribution >= 0.6 is 0 Å². The number of benzene rings is 2. The van der Waals surface area contributed by atoms with Crippen LogP contribution in [-0.2, 0) is 0 Å². The SMILES string of the molecule is Cc1cc(Nc2cc(C(=O)Nc3ccccc3)nc(-c3ccccc3)n2)no1. The predicted molar refractivity (Wildman–Crippen MR) is 106 cm³/mol. The molecule has 1 amide bonds. The van der Waals surface area contributed by atoms with Gasteiger partial charge in [-0.25, -0.2) is 9.97 Å². The fourth-order valence-electron chi connectivity index (χ4n) is 2.62. The van der Waals surface area contributed by atoms with Crippen LogP contribution in [0, 0.1) is 6.92 Å². The first-order valence-electron chi connectivity index (χ1n) is 8.68. The molecule has 0 aliphatic heterocycles. The van der Waals surface area contributed by atoms with Crippen LogP contribution in [0.5, 0.6) is 0 Å². The van der Waals surface area contributed by atoms with E-state index in [0.717, 1.165) is 5.56 Å². The van der Waals surface area contributed by atoms with Crippen molar-refractivity contribution in [2.24, 2.45) is 0 Å². The van der Waals surface area contributed by atoms with Gasteiger partial charge in [0.05, 0.1) is 0 Å². The lowest BCUT2D eigenvalue weighted by atomic mass is 10.2. The summed E-state index contributed by atoms with van der Waals surface area (Å²) in [4.78, 5) is 21.7. The lowest BCUT2D eigenvalue weighted by Crippen LogP contribution is -2.15. The second-order valence-corrected chi connectivity index (χ2v) is 6.10. The maximum absolute atomic E-state index is 12.7. The van der Waals surface area contributed by atoms with Crippen molar-refractivity contribution in [1.82, 2.24) is 15.1 Å². The highest BCUT2D eigenvalue weighted by atomic mass is 16.5. The highest BCUT2D eigenvalue weighted by Crippen LogP contribution is 2.21. The van der Waals surface area contributed by atoms with Gasteiger partial charge in [-0.15, -0.1) is 0 Å². The molecule has 7 heteroatoms. The molecule has 0 aliphatic rings. The molecule has 2 aromatic heterocycles. The minimum absolute atomic E-state index is 0.237. The molecule has 0 spiro atoms. The molecule has 2 aromatic carbocycles. The summed E-state index contributed by atoms with van der Waals surface area (Å²) < 4.78 is 5.07. The third-order valence-electron chi connectivity index (χ3n) is 3.91. The van der Waals surface area contributed by atoms with Gasteiger partial charge in [-0.05, 0) is 19.1 Å². The Bertz CT molecular complexity index is 1090.